The van der Waals surface area contributed by atoms with Crippen LogP contribution in [0.4, 0.5) is 5.69 Å². The molecule has 7 nitrogen and oxygen atoms in total. The van der Waals surface area contributed by atoms with Crippen molar-refractivity contribution >= 4 is 11.6 Å². The molecule has 0 saturated carbocycles. The normalized spacial score (nSPS) is 24.4. The van der Waals surface area contributed by atoms with E-state index in [2.05, 4.69) is 33.5 Å². The molecule has 1 unspecified atom stereocenters. The summed E-state index contributed by atoms with van der Waals surface area (Å²) in [4.78, 5) is 26.6. The maximum Gasteiger partial charge on any atom is 0.272 e. The number of morpholine rings is 1. The Balaban J connectivity index is 1.28. The van der Waals surface area contributed by atoms with Crippen molar-refractivity contribution in [3.63, 3.8) is 0 Å². The Labute approximate surface area is 174 Å². The van der Waals surface area contributed by atoms with Gasteiger partial charge in [0.2, 0.25) is 0 Å². The minimum absolute atomic E-state index is 0.0607. The third kappa shape index (κ3) is 5.08. The number of rotatable bonds is 5. The molecule has 0 aromatic carbocycles. The Hall–Kier alpha value is -1.70. The Morgan fingerprint density at radius 1 is 1.14 bits per heavy atom. The smallest absolute Gasteiger partial charge is 0.272 e. The average molecular weight is 402 g/mol. The monoisotopic (exact) mass is 401 g/mol. The summed E-state index contributed by atoms with van der Waals surface area (Å²) in [6.07, 6.45) is 4.51. The molecule has 3 saturated heterocycles. The van der Waals surface area contributed by atoms with Crippen LogP contribution in [0.1, 0.15) is 37.2 Å². The van der Waals surface area contributed by atoms with Gasteiger partial charge in [-0.15, -0.1) is 0 Å². The molecule has 7 heteroatoms. The van der Waals surface area contributed by atoms with Crippen LogP contribution in [0.25, 0.3) is 0 Å². The first kappa shape index (κ1) is 20.6. The van der Waals surface area contributed by atoms with Gasteiger partial charge in [-0.05, 0) is 38.8 Å². The minimum atomic E-state index is 0.0607. The first-order valence-electron chi connectivity index (χ1n) is 11.2. The van der Waals surface area contributed by atoms with Crippen LogP contribution >= 0.6 is 0 Å². The lowest BCUT2D eigenvalue weighted by atomic mass is 10.2. The van der Waals surface area contributed by atoms with Gasteiger partial charge in [-0.25, -0.2) is 0 Å². The van der Waals surface area contributed by atoms with Gasteiger partial charge in [0.05, 0.1) is 12.7 Å². The van der Waals surface area contributed by atoms with Gasteiger partial charge in [0.25, 0.3) is 5.91 Å². The van der Waals surface area contributed by atoms with Gasteiger partial charge in [0, 0.05) is 76.8 Å². The number of nitrogens with zero attached hydrogens (tertiary/aromatic N) is 5. The Bertz CT molecular complexity index is 684. The predicted octanol–water partition coefficient (Wildman–Crippen LogP) is 1.55. The van der Waals surface area contributed by atoms with Gasteiger partial charge in [-0.2, -0.15) is 0 Å². The second-order valence-corrected chi connectivity index (χ2v) is 8.77. The molecule has 0 radical (unpaired) electrons. The number of anilines is 1. The van der Waals surface area contributed by atoms with Crippen molar-refractivity contribution in [1.82, 2.24) is 19.7 Å². The van der Waals surface area contributed by atoms with Crippen molar-refractivity contribution in [2.45, 2.75) is 38.8 Å². The molecule has 1 aromatic heterocycles. The molecule has 4 heterocycles. The lowest BCUT2D eigenvalue weighted by Crippen LogP contribution is -2.54. The molecular formula is C22H35N5O2. The first-order chi connectivity index (χ1) is 14.1. The van der Waals surface area contributed by atoms with Crippen LogP contribution in [-0.4, -0.2) is 103 Å². The van der Waals surface area contributed by atoms with E-state index in [-0.39, 0.29) is 12.0 Å². The zero-order chi connectivity index (χ0) is 20.2. The summed E-state index contributed by atoms with van der Waals surface area (Å²) >= 11 is 0. The van der Waals surface area contributed by atoms with E-state index in [1.54, 1.807) is 6.20 Å². The summed E-state index contributed by atoms with van der Waals surface area (Å²) in [5.74, 6) is 0.0607. The van der Waals surface area contributed by atoms with E-state index >= 15 is 0 Å². The minimum Gasteiger partial charge on any atom is -0.374 e. The summed E-state index contributed by atoms with van der Waals surface area (Å²) in [6, 6.07) is 4.56. The van der Waals surface area contributed by atoms with Crippen molar-refractivity contribution in [1.29, 1.82) is 0 Å². The van der Waals surface area contributed by atoms with E-state index < -0.39 is 0 Å². The van der Waals surface area contributed by atoms with Gasteiger partial charge < -0.3 is 14.5 Å². The van der Waals surface area contributed by atoms with E-state index in [9.17, 15) is 4.79 Å². The molecule has 1 atom stereocenters. The maximum absolute atomic E-state index is 13.0. The topological polar surface area (TPSA) is 52.2 Å². The SMILES string of the molecule is CC(C)N1CCOC(CN2CCN(C(=O)c3cc(N4CCCC4)ccn3)CC2)C1. The molecular weight excluding hydrogens is 366 g/mol. The molecule has 1 amide bonds. The van der Waals surface area contributed by atoms with E-state index in [1.807, 2.05) is 17.0 Å². The van der Waals surface area contributed by atoms with Crippen LogP contribution < -0.4 is 4.90 Å². The van der Waals surface area contributed by atoms with Crippen LogP contribution in [-0.2, 0) is 4.74 Å². The van der Waals surface area contributed by atoms with Crippen LogP contribution in [0.2, 0.25) is 0 Å². The molecule has 160 valence electrons. The van der Waals surface area contributed by atoms with Crippen molar-refractivity contribution < 1.29 is 9.53 Å². The Morgan fingerprint density at radius 3 is 2.62 bits per heavy atom. The van der Waals surface area contributed by atoms with Crippen LogP contribution in [0.15, 0.2) is 18.3 Å². The van der Waals surface area contributed by atoms with Crippen LogP contribution in [0.3, 0.4) is 0 Å². The second kappa shape index (κ2) is 9.41. The van der Waals surface area contributed by atoms with Crippen LogP contribution in [0, 0.1) is 0 Å². The number of piperazine rings is 1. The van der Waals surface area contributed by atoms with Gasteiger partial charge in [-0.3, -0.25) is 19.6 Å². The molecule has 29 heavy (non-hydrogen) atoms. The lowest BCUT2D eigenvalue weighted by Gasteiger charge is -2.40. The number of hydrogen-bond donors (Lipinski definition) is 0. The maximum atomic E-state index is 13.0. The highest BCUT2D eigenvalue weighted by atomic mass is 16.5. The van der Waals surface area contributed by atoms with E-state index in [1.165, 1.54) is 12.8 Å². The quantitative estimate of drug-likeness (QED) is 0.746. The van der Waals surface area contributed by atoms with Crippen molar-refractivity contribution in [3.05, 3.63) is 24.0 Å². The summed E-state index contributed by atoms with van der Waals surface area (Å²) in [5, 5.41) is 0. The summed E-state index contributed by atoms with van der Waals surface area (Å²) in [5.41, 5.74) is 1.70. The van der Waals surface area contributed by atoms with E-state index in [0.29, 0.717) is 11.7 Å². The molecule has 0 N–H and O–H groups in total. The van der Waals surface area contributed by atoms with Crippen LogP contribution in [0.5, 0.6) is 0 Å². The molecule has 0 bridgehead atoms. The molecule has 3 aliphatic rings. The van der Waals surface area contributed by atoms with E-state index in [4.69, 9.17) is 4.74 Å². The number of carbonyl (C=O) groups excluding carboxylic acids is 1. The van der Waals surface area contributed by atoms with Gasteiger partial charge in [-0.1, -0.05) is 0 Å². The van der Waals surface area contributed by atoms with Crippen molar-refractivity contribution in [2.24, 2.45) is 0 Å². The fourth-order valence-corrected chi connectivity index (χ4v) is 4.61. The Morgan fingerprint density at radius 2 is 1.90 bits per heavy atom. The molecule has 0 spiro atoms. The highest BCUT2D eigenvalue weighted by Gasteiger charge is 2.28. The molecule has 0 aliphatic carbocycles. The zero-order valence-corrected chi connectivity index (χ0v) is 17.9. The zero-order valence-electron chi connectivity index (χ0n) is 17.9. The number of ether oxygens (including phenoxy) is 1. The largest absolute Gasteiger partial charge is 0.374 e. The molecule has 3 fully saturated rings. The third-order valence-electron chi connectivity index (χ3n) is 6.46. The average Bonchev–Trinajstić information content (AvgIpc) is 3.29. The number of hydrogen-bond acceptors (Lipinski definition) is 6. The van der Waals surface area contributed by atoms with Crippen molar-refractivity contribution in [3.8, 4) is 0 Å². The van der Waals surface area contributed by atoms with Gasteiger partial charge in [0.1, 0.15) is 5.69 Å². The van der Waals surface area contributed by atoms with Gasteiger partial charge >= 0.3 is 0 Å². The van der Waals surface area contributed by atoms with E-state index in [0.717, 1.165) is 71.2 Å². The lowest BCUT2D eigenvalue weighted by molar-refractivity contribution is -0.0555. The summed E-state index contributed by atoms with van der Waals surface area (Å²) in [7, 11) is 0. The summed E-state index contributed by atoms with van der Waals surface area (Å²) < 4.78 is 5.99. The highest BCUT2D eigenvalue weighted by molar-refractivity contribution is 5.93. The molecule has 4 rings (SSSR count). The summed E-state index contributed by atoms with van der Waals surface area (Å²) in [6.45, 7) is 13.8. The standard InChI is InChI=1S/C22H35N5O2/c1-18(2)27-13-14-29-20(17-27)16-24-9-11-26(12-10-24)22(28)21-15-19(5-6-23-21)25-7-3-4-8-25/h5-6,15,18,20H,3-4,7-14,16-17H2,1-2H3. The second-order valence-electron chi connectivity index (χ2n) is 8.77. The highest BCUT2D eigenvalue weighted by Crippen LogP contribution is 2.21. The number of carbonyl (C=O) groups is 1. The van der Waals surface area contributed by atoms with Crippen molar-refractivity contribution in [2.75, 3.05) is 70.4 Å². The fourth-order valence-electron chi connectivity index (χ4n) is 4.61. The fraction of sp³-hybridized carbons (Fsp3) is 0.727. The predicted molar refractivity (Wildman–Crippen MR) is 114 cm³/mol. The van der Waals surface area contributed by atoms with Gasteiger partial charge in [0.15, 0.2) is 0 Å². The Kier molecular flexibility index (Phi) is 6.67. The third-order valence-corrected chi connectivity index (χ3v) is 6.46. The number of aromatic nitrogens is 1. The number of pyridine rings is 1. The molecule has 3 aliphatic heterocycles. The first-order valence-corrected chi connectivity index (χ1v) is 11.2. The number of amides is 1. The molecule has 1 aromatic rings.